The lowest BCUT2D eigenvalue weighted by Gasteiger charge is -2.61. The Kier molecular flexibility index (Phi) is 7.72. The van der Waals surface area contributed by atoms with E-state index >= 15 is 0 Å². The standard InChI is InChI=1S/C31H45F2NO3/c1-4-37-18-31(36)15-13-22-20(17-31)8-10-24-23(22)12-14-30(3)26(6-5-7-27(24)30)19(2)34-29(35)25-11-9-21(32)16-28(25)33/h9,11,16,19-20,22-24,26-27,36H,4-8,10,12-15,17-18H2,1-3H3,(H,34,35)/t19-,20-,22+,23?,24-,26-,27+,30-,31-/m1/s1. The van der Waals surface area contributed by atoms with Gasteiger partial charge in [-0.1, -0.05) is 13.3 Å². The highest BCUT2D eigenvalue weighted by molar-refractivity contribution is 5.94. The third-order valence-corrected chi connectivity index (χ3v) is 11.1. The third kappa shape index (κ3) is 5.09. The van der Waals surface area contributed by atoms with Gasteiger partial charge in [0, 0.05) is 18.7 Å². The second kappa shape index (κ2) is 10.6. The fraction of sp³-hybridized carbons (Fsp3) is 0.774. The minimum Gasteiger partial charge on any atom is -0.387 e. The van der Waals surface area contributed by atoms with Gasteiger partial charge in [-0.05, 0) is 125 Å². The summed E-state index contributed by atoms with van der Waals surface area (Å²) in [6.45, 7) is 7.63. The van der Waals surface area contributed by atoms with Gasteiger partial charge >= 0.3 is 0 Å². The van der Waals surface area contributed by atoms with E-state index in [9.17, 15) is 18.7 Å². The first-order valence-electron chi connectivity index (χ1n) is 14.7. The SMILES string of the molecule is CCOC[C@@]1(O)CC[C@@H]2C3CC[C@]4(C)[C@@H]([C@@H](C)NC(=O)c5ccc(F)cc5F)CCC[C@H]4[C@@H]3CC[C@@H]2C1. The number of carbonyl (C=O) groups is 1. The molecule has 0 heterocycles. The molecule has 0 radical (unpaired) electrons. The van der Waals surface area contributed by atoms with Gasteiger partial charge in [-0.3, -0.25) is 4.79 Å². The molecule has 5 rings (SSSR count). The summed E-state index contributed by atoms with van der Waals surface area (Å²) in [7, 11) is 0. The number of hydrogen-bond donors (Lipinski definition) is 2. The van der Waals surface area contributed by atoms with Crippen molar-refractivity contribution in [3.8, 4) is 0 Å². The molecule has 4 fully saturated rings. The van der Waals surface area contributed by atoms with Gasteiger partial charge in [-0.15, -0.1) is 0 Å². The van der Waals surface area contributed by atoms with E-state index in [2.05, 4.69) is 19.2 Å². The Morgan fingerprint density at radius 1 is 1.11 bits per heavy atom. The summed E-state index contributed by atoms with van der Waals surface area (Å²) in [6.07, 6.45) is 11.2. The smallest absolute Gasteiger partial charge is 0.254 e. The van der Waals surface area contributed by atoms with Gasteiger partial charge in [0.05, 0.1) is 17.8 Å². The molecule has 6 heteroatoms. The van der Waals surface area contributed by atoms with Crippen molar-refractivity contribution in [3.05, 3.63) is 35.4 Å². The number of carbonyl (C=O) groups excluding carboxylic acids is 1. The van der Waals surface area contributed by atoms with Crippen LogP contribution in [-0.4, -0.2) is 35.9 Å². The summed E-state index contributed by atoms with van der Waals surface area (Å²) in [5, 5.41) is 14.2. The van der Waals surface area contributed by atoms with E-state index in [0.29, 0.717) is 36.9 Å². The number of amides is 1. The number of fused-ring (bicyclic) bond motifs is 5. The van der Waals surface area contributed by atoms with Crippen molar-refractivity contribution in [2.45, 2.75) is 96.6 Å². The van der Waals surface area contributed by atoms with Crippen molar-refractivity contribution in [3.63, 3.8) is 0 Å². The second-order valence-electron chi connectivity index (χ2n) is 13.0. The average Bonchev–Trinajstić information content (AvgIpc) is 2.86. The molecule has 0 saturated heterocycles. The molecule has 1 aromatic rings. The fourth-order valence-electron chi connectivity index (χ4n) is 9.50. The van der Waals surface area contributed by atoms with Crippen LogP contribution in [0.15, 0.2) is 18.2 Å². The first kappa shape index (κ1) is 27.1. The maximum Gasteiger partial charge on any atom is 0.254 e. The number of hydrogen-bond acceptors (Lipinski definition) is 3. The van der Waals surface area contributed by atoms with E-state index < -0.39 is 23.1 Å². The number of nitrogens with one attached hydrogen (secondary N) is 1. The van der Waals surface area contributed by atoms with Crippen molar-refractivity contribution in [2.24, 2.45) is 40.9 Å². The minimum absolute atomic E-state index is 0.0686. The zero-order valence-electron chi connectivity index (χ0n) is 22.8. The average molecular weight is 518 g/mol. The first-order valence-corrected chi connectivity index (χ1v) is 14.7. The molecule has 9 atom stereocenters. The highest BCUT2D eigenvalue weighted by atomic mass is 19.1. The predicted octanol–water partition coefficient (Wildman–Crippen LogP) is 6.51. The molecular weight excluding hydrogens is 472 g/mol. The van der Waals surface area contributed by atoms with Crippen LogP contribution in [0.2, 0.25) is 0 Å². The molecule has 0 aliphatic heterocycles. The lowest BCUT2D eigenvalue weighted by atomic mass is 9.44. The van der Waals surface area contributed by atoms with Gasteiger partial charge in [-0.25, -0.2) is 8.78 Å². The summed E-state index contributed by atoms with van der Waals surface area (Å²) in [6, 6.07) is 3.08. The number of ether oxygens (including phenoxy) is 1. The topological polar surface area (TPSA) is 58.6 Å². The molecule has 4 aliphatic carbocycles. The van der Waals surface area contributed by atoms with Crippen molar-refractivity contribution < 1.29 is 23.4 Å². The Hall–Kier alpha value is -1.53. The highest BCUT2D eigenvalue weighted by Gasteiger charge is 2.57. The van der Waals surface area contributed by atoms with E-state index in [1.807, 2.05) is 6.92 Å². The maximum absolute atomic E-state index is 14.2. The van der Waals surface area contributed by atoms with Crippen LogP contribution in [0.1, 0.15) is 95.3 Å². The van der Waals surface area contributed by atoms with Crippen molar-refractivity contribution >= 4 is 5.91 Å². The van der Waals surface area contributed by atoms with Crippen LogP contribution in [0.5, 0.6) is 0 Å². The van der Waals surface area contributed by atoms with Gasteiger partial charge in [0.1, 0.15) is 11.6 Å². The van der Waals surface area contributed by atoms with Gasteiger partial charge in [0.15, 0.2) is 0 Å². The molecule has 4 nitrogen and oxygen atoms in total. The quantitative estimate of drug-likeness (QED) is 0.452. The first-order chi connectivity index (χ1) is 17.6. The van der Waals surface area contributed by atoms with E-state index in [1.165, 1.54) is 44.6 Å². The molecule has 0 bridgehead atoms. The van der Waals surface area contributed by atoms with Crippen LogP contribution in [0, 0.1) is 52.6 Å². The third-order valence-electron chi connectivity index (χ3n) is 11.1. The van der Waals surface area contributed by atoms with Crippen LogP contribution in [-0.2, 0) is 4.74 Å². The number of aliphatic hydroxyl groups is 1. The van der Waals surface area contributed by atoms with E-state index in [4.69, 9.17) is 4.74 Å². The Balaban J connectivity index is 1.27. The Morgan fingerprint density at radius 3 is 2.65 bits per heavy atom. The maximum atomic E-state index is 14.2. The molecule has 1 aromatic carbocycles. The highest BCUT2D eigenvalue weighted by Crippen LogP contribution is 2.63. The van der Waals surface area contributed by atoms with Gasteiger partial charge in [-0.2, -0.15) is 0 Å². The van der Waals surface area contributed by atoms with Crippen LogP contribution >= 0.6 is 0 Å². The van der Waals surface area contributed by atoms with Crippen LogP contribution in [0.3, 0.4) is 0 Å². The Morgan fingerprint density at radius 2 is 1.89 bits per heavy atom. The summed E-state index contributed by atoms with van der Waals surface area (Å²) in [4.78, 5) is 12.9. The molecule has 2 N–H and O–H groups in total. The van der Waals surface area contributed by atoms with E-state index in [0.717, 1.165) is 49.7 Å². The lowest BCUT2D eigenvalue weighted by molar-refractivity contribution is -0.144. The number of halogens is 2. The van der Waals surface area contributed by atoms with Crippen molar-refractivity contribution in [1.29, 1.82) is 0 Å². The summed E-state index contributed by atoms with van der Waals surface area (Å²) >= 11 is 0. The normalized spacial score (nSPS) is 40.2. The lowest BCUT2D eigenvalue weighted by Crippen LogP contribution is -2.57. The summed E-state index contributed by atoms with van der Waals surface area (Å²) in [5.74, 6) is 1.84. The van der Waals surface area contributed by atoms with Crippen molar-refractivity contribution in [1.82, 2.24) is 5.32 Å². The molecule has 1 unspecified atom stereocenters. The molecule has 0 aromatic heterocycles. The zero-order valence-corrected chi connectivity index (χ0v) is 22.8. The minimum atomic E-state index is -0.810. The Labute approximate surface area is 220 Å². The monoisotopic (exact) mass is 517 g/mol. The number of benzene rings is 1. The zero-order chi connectivity index (χ0) is 26.4. The molecule has 4 saturated carbocycles. The molecule has 0 spiro atoms. The van der Waals surface area contributed by atoms with E-state index in [-0.39, 0.29) is 17.0 Å². The summed E-state index contributed by atoms with van der Waals surface area (Å²) < 4.78 is 33.2. The largest absolute Gasteiger partial charge is 0.387 e. The fourth-order valence-corrected chi connectivity index (χ4v) is 9.50. The molecular formula is C31H45F2NO3. The van der Waals surface area contributed by atoms with Gasteiger partial charge in [0.2, 0.25) is 0 Å². The predicted molar refractivity (Wildman–Crippen MR) is 140 cm³/mol. The van der Waals surface area contributed by atoms with E-state index in [1.54, 1.807) is 0 Å². The van der Waals surface area contributed by atoms with Crippen LogP contribution in [0.4, 0.5) is 8.78 Å². The second-order valence-corrected chi connectivity index (χ2v) is 13.0. The molecule has 206 valence electrons. The Bertz CT molecular complexity index is 987. The molecule has 1 amide bonds. The van der Waals surface area contributed by atoms with Gasteiger partial charge in [0.25, 0.3) is 5.91 Å². The number of rotatable bonds is 6. The summed E-state index contributed by atoms with van der Waals surface area (Å²) in [5.41, 5.74) is -0.583. The van der Waals surface area contributed by atoms with Crippen molar-refractivity contribution in [2.75, 3.05) is 13.2 Å². The molecule has 4 aliphatic rings. The van der Waals surface area contributed by atoms with Crippen LogP contribution < -0.4 is 5.32 Å². The van der Waals surface area contributed by atoms with Gasteiger partial charge < -0.3 is 15.2 Å². The van der Waals surface area contributed by atoms with Crippen LogP contribution in [0.25, 0.3) is 0 Å². The molecule has 37 heavy (non-hydrogen) atoms.